The van der Waals surface area contributed by atoms with Crippen LogP contribution in [-0.4, -0.2) is 4.98 Å². The summed E-state index contributed by atoms with van der Waals surface area (Å²) >= 11 is 0. The second-order valence-electron chi connectivity index (χ2n) is 10.4. The zero-order valence-electron chi connectivity index (χ0n) is 20.2. The normalized spacial score (nSPS) is 14.3. The van der Waals surface area contributed by atoms with Crippen LogP contribution in [0.4, 0.5) is 0 Å². The Morgan fingerprint density at radius 3 is 2.30 bits per heavy atom. The van der Waals surface area contributed by atoms with Gasteiger partial charge in [0.25, 0.3) is 0 Å². The Labute approximate surface area is 195 Å². The molecule has 0 amide bonds. The summed E-state index contributed by atoms with van der Waals surface area (Å²) in [5.41, 5.74) is 12.9. The molecule has 2 nitrogen and oxygen atoms in total. The first-order valence-corrected chi connectivity index (χ1v) is 11.8. The number of furan rings is 1. The van der Waals surface area contributed by atoms with Gasteiger partial charge in [0.1, 0.15) is 11.2 Å². The molecule has 33 heavy (non-hydrogen) atoms. The molecule has 2 heterocycles. The van der Waals surface area contributed by atoms with Crippen molar-refractivity contribution in [2.45, 2.75) is 52.9 Å². The minimum absolute atomic E-state index is 0.109. The summed E-state index contributed by atoms with van der Waals surface area (Å²) in [4.78, 5) is 4.89. The zero-order valence-corrected chi connectivity index (χ0v) is 20.2. The van der Waals surface area contributed by atoms with E-state index in [0.29, 0.717) is 5.92 Å². The summed E-state index contributed by atoms with van der Waals surface area (Å²) in [5.74, 6) is 0.459. The zero-order chi connectivity index (χ0) is 23.1. The predicted octanol–water partition coefficient (Wildman–Crippen LogP) is 8.69. The Bertz CT molecular complexity index is 1580. The maximum Gasteiger partial charge on any atom is 0.145 e. The van der Waals surface area contributed by atoms with Crippen LogP contribution in [0.5, 0.6) is 0 Å². The van der Waals surface area contributed by atoms with Gasteiger partial charge in [0.2, 0.25) is 0 Å². The van der Waals surface area contributed by atoms with E-state index in [9.17, 15) is 0 Å². The van der Waals surface area contributed by atoms with Gasteiger partial charge in [0.15, 0.2) is 0 Å². The Kier molecular flexibility index (Phi) is 4.17. The van der Waals surface area contributed by atoms with Crippen LogP contribution in [0.25, 0.3) is 44.3 Å². The summed E-state index contributed by atoms with van der Waals surface area (Å²) in [5, 5.41) is 2.34. The lowest BCUT2D eigenvalue weighted by atomic mass is 9.82. The maximum atomic E-state index is 6.81. The largest absolute Gasteiger partial charge is 0.455 e. The van der Waals surface area contributed by atoms with Gasteiger partial charge in [-0.1, -0.05) is 70.2 Å². The highest BCUT2D eigenvalue weighted by Gasteiger charge is 2.38. The molecule has 0 saturated heterocycles. The summed E-state index contributed by atoms with van der Waals surface area (Å²) in [6.45, 7) is 13.4. The van der Waals surface area contributed by atoms with E-state index in [0.717, 1.165) is 27.8 Å². The van der Waals surface area contributed by atoms with Crippen molar-refractivity contribution < 1.29 is 4.42 Å². The van der Waals surface area contributed by atoms with E-state index in [4.69, 9.17) is 9.40 Å². The Morgan fingerprint density at radius 2 is 1.55 bits per heavy atom. The van der Waals surface area contributed by atoms with Crippen molar-refractivity contribution in [2.24, 2.45) is 0 Å². The highest BCUT2D eigenvalue weighted by atomic mass is 16.3. The van der Waals surface area contributed by atoms with E-state index in [2.05, 4.69) is 96.1 Å². The van der Waals surface area contributed by atoms with Crippen LogP contribution in [0.2, 0.25) is 0 Å². The van der Waals surface area contributed by atoms with Gasteiger partial charge in [0.05, 0.1) is 5.69 Å². The average Bonchev–Trinajstić information content (AvgIpc) is 3.26. The van der Waals surface area contributed by atoms with E-state index in [1.165, 1.54) is 44.3 Å². The minimum Gasteiger partial charge on any atom is -0.455 e. The fourth-order valence-electron chi connectivity index (χ4n) is 5.87. The molecule has 0 atom stereocenters. The highest BCUT2D eigenvalue weighted by molar-refractivity contribution is 6.12. The molecule has 5 aromatic rings. The Morgan fingerprint density at radius 1 is 0.818 bits per heavy atom. The smallest absolute Gasteiger partial charge is 0.145 e. The fourth-order valence-corrected chi connectivity index (χ4v) is 5.87. The molecule has 0 aliphatic heterocycles. The summed E-state index contributed by atoms with van der Waals surface area (Å²) in [7, 11) is 0. The van der Waals surface area contributed by atoms with E-state index in [-0.39, 0.29) is 5.41 Å². The molecule has 0 bridgehead atoms. The number of benzene rings is 3. The molecule has 2 aromatic heterocycles. The van der Waals surface area contributed by atoms with Gasteiger partial charge < -0.3 is 4.42 Å². The van der Waals surface area contributed by atoms with Crippen molar-refractivity contribution in [3.8, 4) is 22.4 Å². The molecule has 0 spiro atoms. The van der Waals surface area contributed by atoms with Gasteiger partial charge in [-0.2, -0.15) is 0 Å². The van der Waals surface area contributed by atoms with Gasteiger partial charge in [-0.3, -0.25) is 4.98 Å². The molecule has 1 aliphatic carbocycles. The number of hydrogen-bond donors (Lipinski definition) is 0. The summed E-state index contributed by atoms with van der Waals surface area (Å²) in [6, 6.07) is 19.9. The molecular formula is C31H29NO. The van der Waals surface area contributed by atoms with Gasteiger partial charge in [0, 0.05) is 33.5 Å². The van der Waals surface area contributed by atoms with Crippen molar-refractivity contribution in [1.29, 1.82) is 0 Å². The van der Waals surface area contributed by atoms with E-state index < -0.39 is 0 Å². The molecule has 0 saturated carbocycles. The van der Waals surface area contributed by atoms with Gasteiger partial charge in [-0.25, -0.2) is 0 Å². The molecule has 2 heteroatoms. The van der Waals surface area contributed by atoms with Crippen LogP contribution in [0.15, 0.2) is 65.2 Å². The monoisotopic (exact) mass is 431 g/mol. The van der Waals surface area contributed by atoms with Crippen molar-refractivity contribution in [3.63, 3.8) is 0 Å². The molecule has 164 valence electrons. The number of fused-ring (bicyclic) bond motifs is 7. The standard InChI is InChI=1S/C31H29NO/c1-17(2)24-16-32-26(15-19(24)4)27-18(3)11-12-22-23-14-13-21-20-9-7-8-10-25(20)31(5,6)28(21)30(23)33-29(22)27/h7-17H,1-6H3. The van der Waals surface area contributed by atoms with Crippen LogP contribution < -0.4 is 0 Å². The molecule has 0 unspecified atom stereocenters. The Balaban J connectivity index is 1.67. The lowest BCUT2D eigenvalue weighted by molar-refractivity contribution is 0.620. The SMILES string of the molecule is Cc1cc(-c2c(C)ccc3c2oc2c4c(ccc23)-c2ccccc2C4(C)C)ncc1C(C)C. The molecule has 0 N–H and O–H groups in total. The van der Waals surface area contributed by atoms with Crippen LogP contribution in [0, 0.1) is 13.8 Å². The summed E-state index contributed by atoms with van der Waals surface area (Å²) in [6.07, 6.45) is 2.04. The first-order valence-electron chi connectivity index (χ1n) is 11.8. The lowest BCUT2D eigenvalue weighted by Gasteiger charge is -2.21. The fraction of sp³-hybridized carbons (Fsp3) is 0.258. The topological polar surface area (TPSA) is 26.0 Å². The van der Waals surface area contributed by atoms with Gasteiger partial charge in [-0.05, 0) is 65.3 Å². The number of aromatic nitrogens is 1. The average molecular weight is 432 g/mol. The maximum absolute atomic E-state index is 6.81. The van der Waals surface area contributed by atoms with Crippen molar-refractivity contribution in [1.82, 2.24) is 4.98 Å². The number of pyridine rings is 1. The summed E-state index contributed by atoms with van der Waals surface area (Å²) < 4.78 is 6.81. The van der Waals surface area contributed by atoms with Crippen molar-refractivity contribution in [2.75, 3.05) is 0 Å². The second-order valence-corrected chi connectivity index (χ2v) is 10.4. The molecular weight excluding hydrogens is 402 g/mol. The number of nitrogens with zero attached hydrogens (tertiary/aromatic N) is 1. The molecule has 0 radical (unpaired) electrons. The second kappa shape index (κ2) is 6.81. The number of rotatable bonds is 2. The number of aryl methyl sites for hydroxylation is 2. The van der Waals surface area contributed by atoms with Crippen LogP contribution in [-0.2, 0) is 5.41 Å². The molecule has 0 fully saturated rings. The van der Waals surface area contributed by atoms with Crippen molar-refractivity contribution >= 4 is 21.9 Å². The van der Waals surface area contributed by atoms with Gasteiger partial charge in [-0.15, -0.1) is 0 Å². The third kappa shape index (κ3) is 2.70. The third-order valence-corrected chi connectivity index (χ3v) is 7.56. The van der Waals surface area contributed by atoms with Gasteiger partial charge >= 0.3 is 0 Å². The van der Waals surface area contributed by atoms with Crippen molar-refractivity contribution in [3.05, 3.63) is 88.6 Å². The van der Waals surface area contributed by atoms with E-state index in [1.54, 1.807) is 0 Å². The quantitative estimate of drug-likeness (QED) is 0.279. The van der Waals surface area contributed by atoms with Crippen LogP contribution in [0.3, 0.4) is 0 Å². The van der Waals surface area contributed by atoms with E-state index >= 15 is 0 Å². The molecule has 1 aliphatic rings. The Hall–Kier alpha value is -3.39. The highest BCUT2D eigenvalue weighted by Crippen LogP contribution is 2.53. The number of hydrogen-bond acceptors (Lipinski definition) is 2. The minimum atomic E-state index is -0.109. The predicted molar refractivity (Wildman–Crippen MR) is 138 cm³/mol. The lowest BCUT2D eigenvalue weighted by Crippen LogP contribution is -2.15. The first-order chi connectivity index (χ1) is 15.8. The molecule has 3 aromatic carbocycles. The van der Waals surface area contributed by atoms with E-state index in [1.807, 2.05) is 6.20 Å². The first kappa shape index (κ1) is 20.2. The molecule has 6 rings (SSSR count). The van der Waals surface area contributed by atoms with Crippen LogP contribution >= 0.6 is 0 Å². The third-order valence-electron chi connectivity index (χ3n) is 7.56. The van der Waals surface area contributed by atoms with Crippen LogP contribution in [0.1, 0.15) is 61.4 Å².